The summed E-state index contributed by atoms with van der Waals surface area (Å²) in [6.45, 7) is 14.7. The summed E-state index contributed by atoms with van der Waals surface area (Å²) in [6.07, 6.45) is -15.3. The van der Waals surface area contributed by atoms with E-state index in [0.717, 1.165) is 44.9 Å². The van der Waals surface area contributed by atoms with Crippen molar-refractivity contribution in [2.24, 2.45) is 50.2 Å². The standard InChI is InChI=1S/C47H74O18/c1-42(2)14-16-47(41(58)59)17-15-45(6)21(22(47)18-42)8-9-26-44(5)12-11-27(43(3,4)25(44)10-13-46(26,45)7)62-40-36(65-38-31(53)28(50)23(49)20-60-38)34(33(55)35(64-40)37(56)57)63-39-32(54)30(52)29(51)24(19-48)61-39/h8,22-36,38-40,48-55H,9-20H2,1-7H3,(H,56,57)(H,58,59)/t22-,23+,24+,25?,26+,27-,28-,29-,30-,31+,32+,33-,34-,35-,36+,38?,39+,40+,44-,45+,46+,47-/m0/s1. The maximum atomic E-state index is 13.2. The zero-order chi connectivity index (χ0) is 47.6. The van der Waals surface area contributed by atoms with Gasteiger partial charge in [0.05, 0.1) is 24.7 Å². The zero-order valence-corrected chi connectivity index (χ0v) is 38.7. The molecule has 0 radical (unpaired) electrons. The summed E-state index contributed by atoms with van der Waals surface area (Å²) in [5.74, 6) is -1.95. The number of allylic oxidation sites excluding steroid dienone is 2. The van der Waals surface area contributed by atoms with Gasteiger partial charge >= 0.3 is 11.9 Å². The fourth-order valence-electron chi connectivity index (χ4n) is 14.8. The van der Waals surface area contributed by atoms with Crippen LogP contribution in [0, 0.1) is 50.2 Å². The minimum absolute atomic E-state index is 0.0212. The number of ether oxygens (including phenoxy) is 6. The quantitative estimate of drug-likeness (QED) is 0.116. The van der Waals surface area contributed by atoms with Gasteiger partial charge in [0.25, 0.3) is 0 Å². The van der Waals surface area contributed by atoms with Crippen molar-refractivity contribution in [2.75, 3.05) is 13.2 Å². The van der Waals surface area contributed by atoms with Crippen molar-refractivity contribution >= 4 is 11.9 Å². The number of rotatable bonds is 9. The monoisotopic (exact) mass is 926 g/mol. The largest absolute Gasteiger partial charge is 0.481 e. The lowest BCUT2D eigenvalue weighted by molar-refractivity contribution is -0.391. The molecule has 8 aliphatic rings. The molecule has 7 fully saturated rings. The SMILES string of the molecule is CC1(C)CC[C@]2(C(=O)O)CC[C@]3(C)C(=CC[C@@H]4[C@@]5(C)CC[C@H](O[C@@H]6O[C@H](C(=O)O)[C@@H](O)[C@H](O[C@H]7O[C@H](CO)[C@H](O)[C@H](O)[C@H]7O)[C@H]6OC6OC[C@@H](O)[C@H](O)[C@H]6O)C(C)(C)C5CC[C@]43C)[C@@H]2C1. The summed E-state index contributed by atoms with van der Waals surface area (Å²) in [5.41, 5.74) is -0.471. The van der Waals surface area contributed by atoms with Crippen molar-refractivity contribution in [1.29, 1.82) is 0 Å². The van der Waals surface area contributed by atoms with Crippen molar-refractivity contribution in [3.8, 4) is 0 Å². The Labute approximate surface area is 380 Å². The molecule has 22 atom stereocenters. The summed E-state index contributed by atoms with van der Waals surface area (Å²) in [5, 5.41) is 106. The van der Waals surface area contributed by atoms with Crippen LogP contribution < -0.4 is 0 Å². The number of aliphatic hydroxyl groups excluding tert-OH is 8. The van der Waals surface area contributed by atoms with E-state index in [-0.39, 0.29) is 39.4 Å². The van der Waals surface area contributed by atoms with Gasteiger partial charge in [-0.05, 0) is 109 Å². The Hall–Kier alpha value is -1.88. The molecular weight excluding hydrogens is 852 g/mol. The molecule has 18 nitrogen and oxygen atoms in total. The highest BCUT2D eigenvalue weighted by Crippen LogP contribution is 2.76. The molecule has 0 spiro atoms. The fraction of sp³-hybridized carbons (Fsp3) is 0.915. The summed E-state index contributed by atoms with van der Waals surface area (Å²) < 4.78 is 36.3. The van der Waals surface area contributed by atoms with E-state index < -0.39 is 128 Å². The number of hydrogen-bond donors (Lipinski definition) is 10. The van der Waals surface area contributed by atoms with Crippen LogP contribution in [0.5, 0.6) is 0 Å². The Bertz CT molecular complexity index is 1820. The molecule has 4 saturated carbocycles. The van der Waals surface area contributed by atoms with E-state index in [1.165, 1.54) is 5.57 Å². The smallest absolute Gasteiger partial charge is 0.335 e. The van der Waals surface area contributed by atoms with Gasteiger partial charge in [-0.1, -0.05) is 60.1 Å². The first-order chi connectivity index (χ1) is 30.3. The van der Waals surface area contributed by atoms with Gasteiger partial charge in [0.1, 0.15) is 61.0 Å². The maximum absolute atomic E-state index is 13.2. The third kappa shape index (κ3) is 7.76. The second-order valence-electron chi connectivity index (χ2n) is 23.1. The molecule has 0 aromatic heterocycles. The summed E-state index contributed by atoms with van der Waals surface area (Å²) in [4.78, 5) is 25.9. The minimum atomic E-state index is -2.06. The minimum Gasteiger partial charge on any atom is -0.481 e. The normalized spacial score (nSPS) is 52.8. The van der Waals surface area contributed by atoms with Gasteiger partial charge in [0, 0.05) is 0 Å². The first-order valence-electron chi connectivity index (χ1n) is 23.7. The van der Waals surface area contributed by atoms with Crippen molar-refractivity contribution < 1.29 is 89.1 Å². The number of fused-ring (bicyclic) bond motifs is 7. The molecule has 18 heteroatoms. The third-order valence-corrected chi connectivity index (χ3v) is 18.9. The zero-order valence-electron chi connectivity index (χ0n) is 38.7. The number of hydrogen-bond acceptors (Lipinski definition) is 16. The maximum Gasteiger partial charge on any atom is 0.335 e. The number of carboxylic acid groups (broad SMARTS) is 2. The van der Waals surface area contributed by atoms with Gasteiger partial charge in [-0.25, -0.2) is 4.79 Å². The Morgan fingerprint density at radius 2 is 1.35 bits per heavy atom. The number of carboxylic acids is 2. The average Bonchev–Trinajstić information content (AvgIpc) is 3.23. The lowest BCUT2D eigenvalue weighted by Gasteiger charge is -2.71. The van der Waals surface area contributed by atoms with E-state index in [2.05, 4.69) is 54.5 Å². The molecule has 0 aromatic rings. The Morgan fingerprint density at radius 3 is 2.02 bits per heavy atom. The highest BCUT2D eigenvalue weighted by atomic mass is 16.8. The van der Waals surface area contributed by atoms with Crippen LogP contribution in [-0.2, 0) is 38.0 Å². The topological polar surface area (TPSA) is 292 Å². The lowest BCUT2D eigenvalue weighted by atomic mass is 9.33. The van der Waals surface area contributed by atoms with Crippen LogP contribution in [0.1, 0.15) is 113 Å². The van der Waals surface area contributed by atoms with Crippen LogP contribution in [0.3, 0.4) is 0 Å². The number of aliphatic hydroxyl groups is 8. The van der Waals surface area contributed by atoms with Gasteiger partial charge in [-0.3, -0.25) is 4.79 Å². The van der Waals surface area contributed by atoms with Gasteiger partial charge in [0.15, 0.2) is 25.0 Å². The van der Waals surface area contributed by atoms with Crippen LogP contribution in [0.15, 0.2) is 11.6 Å². The molecule has 370 valence electrons. The molecule has 5 aliphatic carbocycles. The predicted molar refractivity (Wildman–Crippen MR) is 225 cm³/mol. The summed E-state index contributed by atoms with van der Waals surface area (Å²) >= 11 is 0. The lowest BCUT2D eigenvalue weighted by Crippen LogP contribution is -2.68. The molecule has 0 amide bonds. The predicted octanol–water partition coefficient (Wildman–Crippen LogP) is 1.44. The Morgan fingerprint density at radius 1 is 0.692 bits per heavy atom. The first kappa shape index (κ1) is 49.5. The van der Waals surface area contributed by atoms with Crippen molar-refractivity contribution in [1.82, 2.24) is 0 Å². The molecular formula is C47H74O18. The highest BCUT2D eigenvalue weighted by Gasteiger charge is 2.70. The van der Waals surface area contributed by atoms with E-state index in [1.54, 1.807) is 0 Å². The molecule has 3 aliphatic heterocycles. The van der Waals surface area contributed by atoms with E-state index in [1.807, 2.05) is 0 Å². The molecule has 0 bridgehead atoms. The van der Waals surface area contributed by atoms with Crippen LogP contribution in [0.4, 0.5) is 0 Å². The molecule has 0 aromatic carbocycles. The second kappa shape index (κ2) is 17.2. The first-order valence-corrected chi connectivity index (χ1v) is 23.7. The third-order valence-electron chi connectivity index (χ3n) is 18.9. The summed E-state index contributed by atoms with van der Waals surface area (Å²) in [7, 11) is 0. The van der Waals surface area contributed by atoms with Crippen LogP contribution >= 0.6 is 0 Å². The van der Waals surface area contributed by atoms with Gasteiger partial charge < -0.3 is 79.5 Å². The Balaban J connectivity index is 1.10. The molecule has 65 heavy (non-hydrogen) atoms. The van der Waals surface area contributed by atoms with E-state index in [9.17, 15) is 60.7 Å². The molecule has 8 rings (SSSR count). The van der Waals surface area contributed by atoms with Crippen LogP contribution in [0.25, 0.3) is 0 Å². The fourth-order valence-corrected chi connectivity index (χ4v) is 14.8. The van der Waals surface area contributed by atoms with Crippen molar-refractivity contribution in [2.45, 2.75) is 205 Å². The van der Waals surface area contributed by atoms with Gasteiger partial charge in [-0.2, -0.15) is 0 Å². The molecule has 2 unspecified atom stereocenters. The molecule has 3 heterocycles. The summed E-state index contributed by atoms with van der Waals surface area (Å²) in [6, 6.07) is 0. The number of aliphatic carboxylic acids is 2. The van der Waals surface area contributed by atoms with Crippen molar-refractivity contribution in [3.63, 3.8) is 0 Å². The van der Waals surface area contributed by atoms with Crippen LogP contribution in [-0.4, -0.2) is 168 Å². The molecule has 10 N–H and O–H groups in total. The van der Waals surface area contributed by atoms with Gasteiger partial charge in [0.2, 0.25) is 0 Å². The van der Waals surface area contributed by atoms with Crippen LogP contribution in [0.2, 0.25) is 0 Å². The van der Waals surface area contributed by atoms with Gasteiger partial charge in [-0.15, -0.1) is 0 Å². The average molecular weight is 927 g/mol. The second-order valence-corrected chi connectivity index (χ2v) is 23.1. The van der Waals surface area contributed by atoms with E-state index >= 15 is 0 Å². The molecule has 3 saturated heterocycles. The Kier molecular flexibility index (Phi) is 13.1. The highest BCUT2D eigenvalue weighted by molar-refractivity contribution is 5.76. The van der Waals surface area contributed by atoms with E-state index in [0.29, 0.717) is 19.3 Å². The number of carbonyl (C=O) groups is 2. The van der Waals surface area contributed by atoms with E-state index in [4.69, 9.17) is 28.4 Å². The van der Waals surface area contributed by atoms with Crippen molar-refractivity contribution in [3.05, 3.63) is 11.6 Å².